The summed E-state index contributed by atoms with van der Waals surface area (Å²) >= 11 is 0. The predicted molar refractivity (Wildman–Crippen MR) is 85.4 cm³/mol. The van der Waals surface area contributed by atoms with Gasteiger partial charge >= 0.3 is 0 Å². The molecule has 2 N–H and O–H groups in total. The van der Waals surface area contributed by atoms with Crippen LogP contribution in [0.25, 0.3) is 0 Å². The third-order valence-corrected chi connectivity index (χ3v) is 4.01. The predicted octanol–water partition coefficient (Wildman–Crippen LogP) is 0.812. The van der Waals surface area contributed by atoms with Crippen LogP contribution in [0.15, 0.2) is 24.3 Å². The van der Waals surface area contributed by atoms with Gasteiger partial charge in [0, 0.05) is 12.1 Å². The number of amides is 2. The second kappa shape index (κ2) is 7.56. The lowest BCUT2D eigenvalue weighted by Gasteiger charge is -2.23. The normalized spacial score (nSPS) is 18.6. The molecule has 2 amide bonds. The van der Waals surface area contributed by atoms with Gasteiger partial charge in [0.05, 0.1) is 12.9 Å². The van der Waals surface area contributed by atoms with Crippen LogP contribution < -0.4 is 10.6 Å². The van der Waals surface area contributed by atoms with E-state index < -0.39 is 16.2 Å². The Balaban J connectivity index is 1.87. The van der Waals surface area contributed by atoms with E-state index in [0.717, 1.165) is 17.5 Å². The van der Waals surface area contributed by atoms with Gasteiger partial charge in [-0.3, -0.25) is 19.1 Å². The molecule has 1 heterocycles. The van der Waals surface area contributed by atoms with Gasteiger partial charge in [-0.1, -0.05) is 12.1 Å². The molecule has 1 fully saturated rings. The maximum Gasteiger partial charge on any atom is 0.264 e. The van der Waals surface area contributed by atoms with Crippen molar-refractivity contribution in [3.63, 3.8) is 0 Å². The summed E-state index contributed by atoms with van der Waals surface area (Å²) in [4.78, 5) is 22.9. The molecule has 0 spiro atoms. The largest absolute Gasteiger partial charge is 0.374 e. The Morgan fingerprint density at radius 1 is 1.35 bits per heavy atom. The van der Waals surface area contributed by atoms with Crippen LogP contribution in [-0.2, 0) is 30.3 Å². The molecule has 126 valence electrons. The van der Waals surface area contributed by atoms with Gasteiger partial charge in [0.25, 0.3) is 10.1 Å². The summed E-state index contributed by atoms with van der Waals surface area (Å²) in [6, 6.07) is 7.12. The molecule has 2 rings (SSSR count). The molecule has 1 unspecified atom stereocenters. The number of anilines is 1. The lowest BCUT2D eigenvalue weighted by Crippen LogP contribution is -2.47. The van der Waals surface area contributed by atoms with Crippen molar-refractivity contribution >= 4 is 27.6 Å². The first kappa shape index (κ1) is 17.4. The van der Waals surface area contributed by atoms with Gasteiger partial charge in [0.15, 0.2) is 0 Å². The zero-order valence-electron chi connectivity index (χ0n) is 12.9. The van der Waals surface area contributed by atoms with Crippen LogP contribution in [0.3, 0.4) is 0 Å². The Labute approximate surface area is 135 Å². The highest BCUT2D eigenvalue weighted by Crippen LogP contribution is 2.16. The molecule has 1 aliphatic heterocycles. The average molecular weight is 340 g/mol. The minimum atomic E-state index is -3.40. The highest BCUT2D eigenvalue weighted by atomic mass is 32.2. The molecule has 1 aliphatic rings. The minimum Gasteiger partial charge on any atom is -0.374 e. The number of carbonyl (C=O) groups excluding carboxylic acids is 2. The van der Waals surface area contributed by atoms with E-state index in [0.29, 0.717) is 25.7 Å². The topological polar surface area (TPSA) is 102 Å². The van der Waals surface area contributed by atoms with Crippen LogP contribution in [0.4, 0.5) is 5.69 Å². The van der Waals surface area contributed by atoms with E-state index in [2.05, 4.69) is 10.6 Å². The van der Waals surface area contributed by atoms with Crippen molar-refractivity contribution < 1.29 is 22.2 Å². The summed E-state index contributed by atoms with van der Waals surface area (Å²) in [5.74, 6) is -0.555. The van der Waals surface area contributed by atoms with Crippen molar-refractivity contribution in [3.05, 3.63) is 29.8 Å². The maximum absolute atomic E-state index is 11.7. The lowest BCUT2D eigenvalue weighted by atomic mass is 10.0. The van der Waals surface area contributed by atoms with Crippen molar-refractivity contribution in [1.29, 1.82) is 0 Å². The first-order valence-electron chi connectivity index (χ1n) is 7.37. The molecule has 0 bridgehead atoms. The number of aryl methyl sites for hydroxylation is 1. The Morgan fingerprint density at radius 3 is 2.83 bits per heavy atom. The second-order valence-corrected chi connectivity index (χ2v) is 7.12. The molecule has 1 atom stereocenters. The van der Waals surface area contributed by atoms with Gasteiger partial charge in [0.2, 0.25) is 11.8 Å². The van der Waals surface area contributed by atoms with Crippen molar-refractivity contribution in [2.24, 2.45) is 0 Å². The van der Waals surface area contributed by atoms with Crippen molar-refractivity contribution in [1.82, 2.24) is 5.32 Å². The van der Waals surface area contributed by atoms with Crippen LogP contribution in [0.2, 0.25) is 0 Å². The third kappa shape index (κ3) is 5.99. The highest BCUT2D eigenvalue weighted by molar-refractivity contribution is 7.85. The number of benzene rings is 1. The second-order valence-electron chi connectivity index (χ2n) is 5.48. The molecule has 0 aliphatic carbocycles. The number of hydrogen-bond acceptors (Lipinski definition) is 6. The molecule has 0 saturated carbocycles. The SMILES string of the molecule is CS(=O)(=O)OCCCc1cccc(NC2CCC(=O)NC2=O)c1. The summed E-state index contributed by atoms with van der Waals surface area (Å²) in [6.07, 6.45) is 3.07. The van der Waals surface area contributed by atoms with Crippen LogP contribution in [-0.4, -0.2) is 39.1 Å². The molecule has 0 aromatic heterocycles. The molecule has 23 heavy (non-hydrogen) atoms. The van der Waals surface area contributed by atoms with Crippen LogP contribution >= 0.6 is 0 Å². The monoisotopic (exact) mass is 340 g/mol. The molecule has 1 aromatic rings. The van der Waals surface area contributed by atoms with Crippen LogP contribution in [0, 0.1) is 0 Å². The molecule has 1 aromatic carbocycles. The number of rotatable bonds is 7. The molecule has 0 radical (unpaired) electrons. The van der Waals surface area contributed by atoms with Crippen molar-refractivity contribution in [2.75, 3.05) is 18.2 Å². The first-order chi connectivity index (χ1) is 10.8. The third-order valence-electron chi connectivity index (χ3n) is 3.41. The van der Waals surface area contributed by atoms with Gasteiger partial charge in [-0.05, 0) is 37.0 Å². The van der Waals surface area contributed by atoms with E-state index in [4.69, 9.17) is 4.18 Å². The quantitative estimate of drug-likeness (QED) is 0.433. The molecule has 1 saturated heterocycles. The van der Waals surface area contributed by atoms with Crippen LogP contribution in [0.5, 0.6) is 0 Å². The molecule has 8 heteroatoms. The summed E-state index contributed by atoms with van der Waals surface area (Å²) in [7, 11) is -3.40. The van der Waals surface area contributed by atoms with Gasteiger partial charge < -0.3 is 5.32 Å². The van der Waals surface area contributed by atoms with Crippen LogP contribution in [0.1, 0.15) is 24.8 Å². The van der Waals surface area contributed by atoms with E-state index >= 15 is 0 Å². The Hall–Kier alpha value is -1.93. The average Bonchev–Trinajstić information content (AvgIpc) is 2.46. The molecule has 7 nitrogen and oxygen atoms in total. The van der Waals surface area contributed by atoms with Crippen molar-refractivity contribution in [3.8, 4) is 0 Å². The highest BCUT2D eigenvalue weighted by Gasteiger charge is 2.26. The van der Waals surface area contributed by atoms with Gasteiger partial charge in [-0.25, -0.2) is 0 Å². The van der Waals surface area contributed by atoms with E-state index in [1.165, 1.54) is 0 Å². The van der Waals surface area contributed by atoms with E-state index in [9.17, 15) is 18.0 Å². The summed E-state index contributed by atoms with van der Waals surface area (Å²) < 4.78 is 26.5. The number of hydrogen-bond donors (Lipinski definition) is 2. The van der Waals surface area contributed by atoms with Gasteiger partial charge in [0.1, 0.15) is 6.04 Å². The maximum atomic E-state index is 11.7. The number of carbonyl (C=O) groups is 2. The fourth-order valence-electron chi connectivity index (χ4n) is 2.34. The molecular formula is C15H20N2O5S. The summed E-state index contributed by atoms with van der Waals surface area (Å²) in [5, 5.41) is 5.42. The Morgan fingerprint density at radius 2 is 2.13 bits per heavy atom. The Kier molecular flexibility index (Phi) is 5.73. The first-order valence-corrected chi connectivity index (χ1v) is 9.19. The zero-order chi connectivity index (χ0) is 16.9. The number of imide groups is 1. The fourth-order valence-corrected chi connectivity index (χ4v) is 2.76. The zero-order valence-corrected chi connectivity index (χ0v) is 13.7. The minimum absolute atomic E-state index is 0.142. The lowest BCUT2D eigenvalue weighted by molar-refractivity contribution is -0.133. The summed E-state index contributed by atoms with van der Waals surface area (Å²) in [6.45, 7) is 0.142. The van der Waals surface area contributed by atoms with Crippen molar-refractivity contribution in [2.45, 2.75) is 31.7 Å². The van der Waals surface area contributed by atoms with Gasteiger partial charge in [-0.15, -0.1) is 0 Å². The van der Waals surface area contributed by atoms with E-state index in [1.54, 1.807) is 0 Å². The summed E-state index contributed by atoms with van der Waals surface area (Å²) in [5.41, 5.74) is 1.81. The molecular weight excluding hydrogens is 320 g/mol. The van der Waals surface area contributed by atoms with E-state index in [1.807, 2.05) is 24.3 Å². The van der Waals surface area contributed by atoms with E-state index in [-0.39, 0.29) is 18.4 Å². The standard InChI is InChI=1S/C15H20N2O5S/c1-23(20,21)22-9-3-5-11-4-2-6-12(10-11)16-13-7-8-14(18)17-15(13)19/h2,4,6,10,13,16H,3,5,7-9H2,1H3,(H,17,18,19). The number of nitrogens with one attached hydrogen (secondary N) is 2. The number of piperidine rings is 1. The smallest absolute Gasteiger partial charge is 0.264 e. The van der Waals surface area contributed by atoms with Gasteiger partial charge in [-0.2, -0.15) is 8.42 Å². The Bertz CT molecular complexity index is 687. The fraction of sp³-hybridized carbons (Fsp3) is 0.467.